The molecule has 0 radical (unpaired) electrons. The summed E-state index contributed by atoms with van der Waals surface area (Å²) in [6, 6.07) is 6.34. The molecule has 0 aliphatic rings. The number of hydrogen-bond donors (Lipinski definition) is 3. The predicted molar refractivity (Wildman–Crippen MR) is 73.9 cm³/mol. The third-order valence-electron chi connectivity index (χ3n) is 2.05. The Morgan fingerprint density at radius 3 is 2.79 bits per heavy atom. The van der Waals surface area contributed by atoms with Crippen LogP contribution in [0.15, 0.2) is 30.0 Å². The summed E-state index contributed by atoms with van der Waals surface area (Å²) in [5.41, 5.74) is 0.235. The van der Waals surface area contributed by atoms with Gasteiger partial charge in [-0.1, -0.05) is 23.2 Å². The van der Waals surface area contributed by atoms with Crippen LogP contribution in [0.25, 0.3) is 0 Å². The Bertz CT molecular complexity index is 538. The molecule has 0 aliphatic carbocycles. The minimum absolute atomic E-state index is 0.0974. The maximum absolute atomic E-state index is 11.8. The minimum Gasteiger partial charge on any atom is -0.395 e. The first-order valence-electron chi connectivity index (χ1n) is 5.29. The summed E-state index contributed by atoms with van der Waals surface area (Å²) in [6.45, 7) is 0.153. The van der Waals surface area contributed by atoms with E-state index in [4.69, 9.17) is 33.6 Å². The Balaban J connectivity index is 2.77. The molecular weight excluding hydrogens is 289 g/mol. The fraction of sp³-hybridized carbons (Fsp3) is 0.167. The number of amides is 1. The van der Waals surface area contributed by atoms with Crippen molar-refractivity contribution in [1.82, 2.24) is 5.32 Å². The number of rotatable bonds is 5. The zero-order valence-electron chi connectivity index (χ0n) is 9.78. The smallest absolute Gasteiger partial charge is 0.267 e. The van der Waals surface area contributed by atoms with Gasteiger partial charge in [-0.25, -0.2) is 0 Å². The average molecular weight is 300 g/mol. The molecule has 0 fully saturated rings. The highest BCUT2D eigenvalue weighted by atomic mass is 35.5. The van der Waals surface area contributed by atoms with Gasteiger partial charge in [0.15, 0.2) is 0 Å². The second-order valence-electron chi connectivity index (χ2n) is 3.43. The first-order chi connectivity index (χ1) is 9.08. The molecule has 1 amide bonds. The lowest BCUT2D eigenvalue weighted by molar-refractivity contribution is -0.112. The highest BCUT2D eigenvalue weighted by Crippen LogP contribution is 2.25. The molecule has 0 saturated carbocycles. The molecule has 1 aromatic carbocycles. The molecule has 0 aliphatic heterocycles. The number of halogens is 2. The number of nitrogens with zero attached hydrogens (tertiary/aromatic N) is 1. The molecule has 1 aromatic rings. The molecule has 7 heteroatoms. The Morgan fingerprint density at radius 2 is 2.21 bits per heavy atom. The molecule has 0 spiro atoms. The third kappa shape index (κ3) is 4.79. The van der Waals surface area contributed by atoms with Crippen molar-refractivity contribution >= 4 is 34.8 Å². The van der Waals surface area contributed by atoms with Crippen LogP contribution >= 0.6 is 23.2 Å². The van der Waals surface area contributed by atoms with Crippen molar-refractivity contribution in [3.63, 3.8) is 0 Å². The van der Waals surface area contributed by atoms with Crippen molar-refractivity contribution in [2.75, 3.05) is 18.5 Å². The monoisotopic (exact) mass is 299 g/mol. The van der Waals surface area contributed by atoms with Gasteiger partial charge in [-0.3, -0.25) is 4.79 Å². The molecule has 3 N–H and O–H groups in total. The van der Waals surface area contributed by atoms with Crippen molar-refractivity contribution in [2.45, 2.75) is 0 Å². The van der Waals surface area contributed by atoms with Gasteiger partial charge >= 0.3 is 0 Å². The van der Waals surface area contributed by atoms with Gasteiger partial charge in [-0.05, 0) is 18.2 Å². The average Bonchev–Trinajstić information content (AvgIpc) is 2.38. The Hall–Kier alpha value is -1.74. The van der Waals surface area contributed by atoms with E-state index in [9.17, 15) is 4.79 Å². The molecule has 1 rings (SSSR count). The summed E-state index contributed by atoms with van der Waals surface area (Å²) in [4.78, 5) is 11.8. The van der Waals surface area contributed by atoms with Crippen LogP contribution in [0.5, 0.6) is 0 Å². The topological polar surface area (TPSA) is 85.2 Å². The molecular formula is C12H11Cl2N3O2. The number of carbonyl (C=O) groups excluding carboxylic acids is 1. The summed E-state index contributed by atoms with van der Waals surface area (Å²) >= 11 is 11.6. The lowest BCUT2D eigenvalue weighted by Gasteiger charge is -2.07. The first-order valence-corrected chi connectivity index (χ1v) is 6.05. The van der Waals surface area contributed by atoms with Crippen LogP contribution in [0.3, 0.4) is 0 Å². The van der Waals surface area contributed by atoms with Crippen LogP contribution in [-0.2, 0) is 4.79 Å². The van der Waals surface area contributed by atoms with Crippen molar-refractivity contribution in [2.24, 2.45) is 0 Å². The molecule has 19 heavy (non-hydrogen) atoms. The van der Waals surface area contributed by atoms with Gasteiger partial charge in [0.1, 0.15) is 11.6 Å². The van der Waals surface area contributed by atoms with Crippen LogP contribution in [0.4, 0.5) is 5.69 Å². The van der Waals surface area contributed by atoms with E-state index < -0.39 is 5.91 Å². The van der Waals surface area contributed by atoms with Gasteiger partial charge in [0, 0.05) is 17.8 Å². The highest BCUT2D eigenvalue weighted by molar-refractivity contribution is 6.36. The normalized spacial score (nSPS) is 10.7. The summed E-state index contributed by atoms with van der Waals surface area (Å²) in [5, 5.41) is 23.3. The van der Waals surface area contributed by atoms with Gasteiger partial charge in [-0.15, -0.1) is 0 Å². The third-order valence-corrected chi connectivity index (χ3v) is 2.59. The van der Waals surface area contributed by atoms with Crippen LogP contribution in [-0.4, -0.2) is 24.2 Å². The van der Waals surface area contributed by atoms with E-state index in [1.165, 1.54) is 12.3 Å². The maximum atomic E-state index is 11.8. The lowest BCUT2D eigenvalue weighted by Crippen LogP contribution is -2.18. The maximum Gasteiger partial charge on any atom is 0.267 e. The zero-order valence-corrected chi connectivity index (χ0v) is 11.3. The van der Waals surface area contributed by atoms with E-state index in [1.54, 1.807) is 18.2 Å². The molecule has 0 unspecified atom stereocenters. The molecule has 0 atom stereocenters. The zero-order chi connectivity index (χ0) is 14.3. The first kappa shape index (κ1) is 15.3. The van der Waals surface area contributed by atoms with Crippen LogP contribution in [0.2, 0.25) is 10.0 Å². The second-order valence-corrected chi connectivity index (χ2v) is 4.27. The molecule has 100 valence electrons. The molecule has 0 heterocycles. The second kappa shape index (κ2) is 7.64. The number of aliphatic hydroxyl groups is 1. The molecule has 0 saturated heterocycles. The quantitative estimate of drug-likeness (QED) is 0.440. The summed E-state index contributed by atoms with van der Waals surface area (Å²) < 4.78 is 0. The van der Waals surface area contributed by atoms with Gasteiger partial charge in [0.25, 0.3) is 5.91 Å². The minimum atomic E-state index is -0.600. The van der Waals surface area contributed by atoms with E-state index in [0.29, 0.717) is 10.7 Å². The van der Waals surface area contributed by atoms with Crippen molar-refractivity contribution in [3.05, 3.63) is 40.0 Å². The Labute approximate surface area is 120 Å². The summed E-state index contributed by atoms with van der Waals surface area (Å²) in [6.07, 6.45) is 1.23. The number of carbonyl (C=O) groups is 1. The van der Waals surface area contributed by atoms with Crippen molar-refractivity contribution in [1.29, 1.82) is 5.26 Å². The van der Waals surface area contributed by atoms with Crippen molar-refractivity contribution < 1.29 is 9.90 Å². The Kier molecular flexibility index (Phi) is 6.16. The highest BCUT2D eigenvalue weighted by Gasteiger charge is 2.11. The van der Waals surface area contributed by atoms with E-state index in [-0.39, 0.29) is 23.7 Å². The number of anilines is 1. The molecule has 0 bridgehead atoms. The number of nitrogens with one attached hydrogen (secondary N) is 2. The van der Waals surface area contributed by atoms with E-state index >= 15 is 0 Å². The van der Waals surface area contributed by atoms with E-state index in [0.717, 1.165) is 0 Å². The molecule has 0 aromatic heterocycles. The van der Waals surface area contributed by atoms with E-state index in [1.807, 2.05) is 0 Å². The largest absolute Gasteiger partial charge is 0.395 e. The Morgan fingerprint density at radius 1 is 1.47 bits per heavy atom. The SMILES string of the molecule is N#C/C(=C/NCCO)C(=O)Nc1ccc(Cl)cc1Cl. The standard InChI is InChI=1S/C12H11Cl2N3O2/c13-9-1-2-11(10(14)5-9)17-12(19)8(6-15)7-16-3-4-18/h1-2,5,7,16,18H,3-4H2,(H,17,19)/b8-7-. The van der Waals surface area contributed by atoms with Gasteiger partial charge < -0.3 is 15.7 Å². The fourth-order valence-corrected chi connectivity index (χ4v) is 1.62. The number of benzene rings is 1. The number of hydrogen-bond acceptors (Lipinski definition) is 4. The predicted octanol–water partition coefficient (Wildman–Crippen LogP) is 1.92. The lowest BCUT2D eigenvalue weighted by atomic mass is 10.2. The van der Waals surface area contributed by atoms with Crippen LogP contribution in [0.1, 0.15) is 0 Å². The summed E-state index contributed by atoms with van der Waals surface area (Å²) in [5.74, 6) is -0.600. The van der Waals surface area contributed by atoms with Gasteiger partial charge in [-0.2, -0.15) is 5.26 Å². The number of nitriles is 1. The van der Waals surface area contributed by atoms with E-state index in [2.05, 4.69) is 10.6 Å². The van der Waals surface area contributed by atoms with Crippen LogP contribution in [0, 0.1) is 11.3 Å². The van der Waals surface area contributed by atoms with Gasteiger partial charge in [0.05, 0.1) is 17.3 Å². The van der Waals surface area contributed by atoms with Crippen molar-refractivity contribution in [3.8, 4) is 6.07 Å². The molecule has 5 nitrogen and oxygen atoms in total. The number of aliphatic hydroxyl groups excluding tert-OH is 1. The fourth-order valence-electron chi connectivity index (χ4n) is 1.17. The summed E-state index contributed by atoms with van der Waals surface area (Å²) in [7, 11) is 0. The van der Waals surface area contributed by atoms with Crippen LogP contribution < -0.4 is 10.6 Å². The van der Waals surface area contributed by atoms with Gasteiger partial charge in [0.2, 0.25) is 0 Å².